The van der Waals surface area contributed by atoms with E-state index in [2.05, 4.69) is 37.2 Å². The van der Waals surface area contributed by atoms with E-state index in [1.54, 1.807) is 0 Å². The van der Waals surface area contributed by atoms with Crippen LogP contribution in [0.5, 0.6) is 0 Å². The molecule has 1 N–H and O–H groups in total. The summed E-state index contributed by atoms with van der Waals surface area (Å²) in [4.78, 5) is 2.23. The number of halogens is 1. The van der Waals surface area contributed by atoms with Crippen LogP contribution in [0.4, 0.5) is 0 Å². The van der Waals surface area contributed by atoms with Crippen LogP contribution in [0.15, 0.2) is 29.8 Å². The number of benzene rings is 1. The molecule has 0 aromatic heterocycles. The van der Waals surface area contributed by atoms with Crippen molar-refractivity contribution in [3.63, 3.8) is 0 Å². The molecule has 0 amide bonds. The van der Waals surface area contributed by atoms with Gasteiger partial charge in [-0.05, 0) is 75.4 Å². The van der Waals surface area contributed by atoms with Gasteiger partial charge in [0.05, 0.1) is 5.60 Å². The van der Waals surface area contributed by atoms with Gasteiger partial charge in [-0.15, -0.1) is 0 Å². The Balaban J connectivity index is 1.96. The third-order valence-corrected chi connectivity index (χ3v) is 6.16. The molecule has 3 rings (SSSR count). The van der Waals surface area contributed by atoms with Crippen molar-refractivity contribution in [2.75, 3.05) is 20.6 Å². The lowest BCUT2D eigenvalue weighted by Crippen LogP contribution is -2.51. The summed E-state index contributed by atoms with van der Waals surface area (Å²) in [6.45, 7) is 0.963. The van der Waals surface area contributed by atoms with E-state index >= 15 is 0 Å². The number of rotatable bonds is 4. The van der Waals surface area contributed by atoms with Crippen molar-refractivity contribution in [1.29, 1.82) is 0 Å². The first-order valence-electron chi connectivity index (χ1n) is 9.34. The highest BCUT2D eigenvalue weighted by atomic mass is 35.5. The van der Waals surface area contributed by atoms with Gasteiger partial charge in [-0.1, -0.05) is 42.7 Å². The van der Waals surface area contributed by atoms with Crippen LogP contribution in [-0.2, 0) is 0 Å². The van der Waals surface area contributed by atoms with Crippen LogP contribution < -0.4 is 0 Å². The lowest BCUT2D eigenvalue weighted by atomic mass is 9.64. The Kier molecular flexibility index (Phi) is 5.69. The molecule has 3 heteroatoms. The molecule has 24 heavy (non-hydrogen) atoms. The van der Waals surface area contributed by atoms with Crippen molar-refractivity contribution in [3.8, 4) is 0 Å². The fourth-order valence-electron chi connectivity index (χ4n) is 4.80. The Morgan fingerprint density at radius 1 is 1.12 bits per heavy atom. The third kappa shape index (κ3) is 3.71. The van der Waals surface area contributed by atoms with E-state index in [0.29, 0.717) is 11.8 Å². The van der Waals surface area contributed by atoms with Crippen molar-refractivity contribution < 1.29 is 5.11 Å². The van der Waals surface area contributed by atoms with Crippen LogP contribution in [0, 0.1) is 11.8 Å². The first kappa shape index (κ1) is 18.0. The van der Waals surface area contributed by atoms with E-state index in [1.165, 1.54) is 37.7 Å². The molecule has 0 radical (unpaired) electrons. The van der Waals surface area contributed by atoms with E-state index in [9.17, 15) is 5.11 Å². The molecule has 2 aliphatic carbocycles. The van der Waals surface area contributed by atoms with Gasteiger partial charge in [0, 0.05) is 17.5 Å². The fraction of sp³-hybridized carbons (Fsp3) is 0.619. The van der Waals surface area contributed by atoms with Crippen LogP contribution in [-0.4, -0.2) is 36.2 Å². The molecule has 2 saturated carbocycles. The Labute approximate surface area is 151 Å². The van der Waals surface area contributed by atoms with E-state index in [-0.39, 0.29) is 0 Å². The summed E-state index contributed by atoms with van der Waals surface area (Å²) in [5.74, 6) is 0.754. The Morgan fingerprint density at radius 3 is 2.42 bits per heavy atom. The molecule has 2 atom stereocenters. The average Bonchev–Trinajstić information content (AvgIpc) is 3.08. The molecule has 0 spiro atoms. The second-order valence-electron chi connectivity index (χ2n) is 7.88. The summed E-state index contributed by atoms with van der Waals surface area (Å²) in [7, 11) is 4.23. The number of nitrogens with zero attached hydrogens (tertiary/aromatic N) is 1. The van der Waals surface area contributed by atoms with E-state index in [0.717, 1.165) is 30.0 Å². The van der Waals surface area contributed by atoms with E-state index in [1.807, 2.05) is 12.1 Å². The summed E-state index contributed by atoms with van der Waals surface area (Å²) in [6.07, 6.45) is 10.4. The molecule has 1 aromatic carbocycles. The van der Waals surface area contributed by atoms with E-state index < -0.39 is 5.60 Å². The zero-order chi connectivity index (χ0) is 17.2. The van der Waals surface area contributed by atoms with Crippen LogP contribution in [0.3, 0.4) is 0 Å². The maximum atomic E-state index is 11.9. The second kappa shape index (κ2) is 7.59. The van der Waals surface area contributed by atoms with Crippen molar-refractivity contribution in [1.82, 2.24) is 4.90 Å². The standard InChI is InChI=1S/C21H30ClNO/c1-23(2)15-19-9-5-8-18(14-16-10-12-20(22)13-11-16)21(19,24)17-6-3-4-7-17/h10-14,17,19,24H,3-9,15H2,1-2H3. The SMILES string of the molecule is CN(C)CC1CCCC(=Cc2ccc(Cl)cc2)C1(O)C1CCCC1. The molecule has 0 bridgehead atoms. The summed E-state index contributed by atoms with van der Waals surface area (Å²) >= 11 is 6.02. The van der Waals surface area contributed by atoms with Gasteiger partial charge in [-0.3, -0.25) is 0 Å². The predicted molar refractivity (Wildman–Crippen MR) is 102 cm³/mol. The van der Waals surface area contributed by atoms with Gasteiger partial charge in [0.15, 0.2) is 0 Å². The van der Waals surface area contributed by atoms with Gasteiger partial charge in [0.1, 0.15) is 0 Å². The number of hydrogen-bond donors (Lipinski definition) is 1. The molecule has 0 heterocycles. The first-order chi connectivity index (χ1) is 11.5. The molecule has 2 nitrogen and oxygen atoms in total. The minimum atomic E-state index is -0.640. The van der Waals surface area contributed by atoms with E-state index in [4.69, 9.17) is 11.6 Å². The lowest BCUT2D eigenvalue weighted by Gasteiger charge is -2.47. The quantitative estimate of drug-likeness (QED) is 0.827. The molecule has 0 saturated heterocycles. The summed E-state index contributed by atoms with van der Waals surface area (Å²) < 4.78 is 0. The lowest BCUT2D eigenvalue weighted by molar-refractivity contribution is -0.0581. The number of hydrogen-bond acceptors (Lipinski definition) is 2. The zero-order valence-electron chi connectivity index (χ0n) is 15.0. The Hall–Kier alpha value is -0.830. The van der Waals surface area contributed by atoms with Crippen molar-refractivity contribution >= 4 is 17.7 Å². The molecule has 2 aliphatic rings. The van der Waals surface area contributed by atoms with Crippen LogP contribution in [0.2, 0.25) is 5.02 Å². The minimum absolute atomic E-state index is 0.336. The van der Waals surface area contributed by atoms with Gasteiger partial charge in [0.25, 0.3) is 0 Å². The highest BCUT2D eigenvalue weighted by Gasteiger charge is 2.48. The maximum Gasteiger partial charge on any atom is 0.0928 e. The molecule has 132 valence electrons. The molecular weight excluding hydrogens is 318 g/mol. The molecule has 2 fully saturated rings. The topological polar surface area (TPSA) is 23.5 Å². The largest absolute Gasteiger partial charge is 0.385 e. The van der Waals surface area contributed by atoms with Gasteiger partial charge >= 0.3 is 0 Å². The third-order valence-electron chi connectivity index (χ3n) is 5.91. The van der Waals surface area contributed by atoms with Crippen molar-refractivity contribution in [2.24, 2.45) is 11.8 Å². The van der Waals surface area contributed by atoms with Gasteiger partial charge < -0.3 is 10.0 Å². The predicted octanol–water partition coefficient (Wildman–Crippen LogP) is 5.01. The minimum Gasteiger partial charge on any atom is -0.385 e. The van der Waals surface area contributed by atoms with Crippen molar-refractivity contribution in [3.05, 3.63) is 40.4 Å². The molecule has 2 unspecified atom stereocenters. The monoisotopic (exact) mass is 347 g/mol. The van der Waals surface area contributed by atoms with Crippen LogP contribution in [0.1, 0.15) is 50.5 Å². The molecule has 1 aromatic rings. The first-order valence-corrected chi connectivity index (χ1v) is 9.71. The maximum absolute atomic E-state index is 11.9. The summed E-state index contributed by atoms with van der Waals surface area (Å²) in [5, 5.41) is 12.7. The summed E-state index contributed by atoms with van der Waals surface area (Å²) in [5.41, 5.74) is 1.75. The highest BCUT2D eigenvalue weighted by molar-refractivity contribution is 6.30. The molecule has 0 aliphatic heterocycles. The Bertz CT molecular complexity index is 574. The van der Waals surface area contributed by atoms with Crippen molar-refractivity contribution in [2.45, 2.75) is 50.5 Å². The van der Waals surface area contributed by atoms with Gasteiger partial charge in [-0.25, -0.2) is 0 Å². The Morgan fingerprint density at radius 2 is 1.79 bits per heavy atom. The van der Waals surface area contributed by atoms with Gasteiger partial charge in [0.2, 0.25) is 0 Å². The average molecular weight is 348 g/mol. The fourth-order valence-corrected chi connectivity index (χ4v) is 4.93. The number of aliphatic hydroxyl groups is 1. The highest BCUT2D eigenvalue weighted by Crippen LogP contribution is 2.49. The molecular formula is C21H30ClNO. The van der Waals surface area contributed by atoms with Crippen LogP contribution in [0.25, 0.3) is 6.08 Å². The smallest absolute Gasteiger partial charge is 0.0928 e. The zero-order valence-corrected chi connectivity index (χ0v) is 15.7. The van der Waals surface area contributed by atoms with Crippen LogP contribution >= 0.6 is 11.6 Å². The summed E-state index contributed by atoms with van der Waals surface area (Å²) in [6, 6.07) is 7.98. The van der Waals surface area contributed by atoms with Gasteiger partial charge in [-0.2, -0.15) is 0 Å². The second-order valence-corrected chi connectivity index (χ2v) is 8.32. The normalized spacial score (nSPS) is 30.4.